The zero-order valence-corrected chi connectivity index (χ0v) is 18.1. The molecule has 0 atom stereocenters. The quantitative estimate of drug-likeness (QED) is 0.452. The Hall–Kier alpha value is -3.59. The maximum absolute atomic E-state index is 12.2. The second-order valence-corrected chi connectivity index (χ2v) is 7.52. The summed E-state index contributed by atoms with van der Waals surface area (Å²) in [6.45, 7) is 3.95. The molecule has 2 aromatic heterocycles. The summed E-state index contributed by atoms with van der Waals surface area (Å²) in [6.07, 6.45) is 3.35. The normalized spacial score (nSPS) is 11.5. The molecule has 1 amide bonds. The van der Waals surface area contributed by atoms with E-state index < -0.39 is 5.91 Å². The molecule has 3 N–H and O–H groups in total. The van der Waals surface area contributed by atoms with Crippen LogP contribution in [-0.2, 0) is 6.54 Å². The second kappa shape index (κ2) is 8.27. The molecule has 0 aliphatic carbocycles. The molecule has 0 radical (unpaired) electrons. The van der Waals surface area contributed by atoms with Gasteiger partial charge in [-0.3, -0.25) is 4.79 Å². The van der Waals surface area contributed by atoms with Gasteiger partial charge < -0.3 is 29.7 Å². The highest BCUT2D eigenvalue weighted by atomic mass is 16.5. The smallest absolute Gasteiger partial charge is 0.254 e. The predicted molar refractivity (Wildman–Crippen MR) is 120 cm³/mol. The van der Waals surface area contributed by atoms with Crippen LogP contribution in [0.1, 0.15) is 17.3 Å². The largest absolute Gasteiger partial charge is 0.494 e. The molecule has 4 aromatic rings. The molecule has 2 heterocycles. The minimum Gasteiger partial charge on any atom is -0.494 e. The zero-order valence-electron chi connectivity index (χ0n) is 18.1. The van der Waals surface area contributed by atoms with Gasteiger partial charge in [0.1, 0.15) is 29.2 Å². The van der Waals surface area contributed by atoms with Crippen molar-refractivity contribution in [2.24, 2.45) is 5.73 Å². The van der Waals surface area contributed by atoms with E-state index in [9.17, 15) is 4.79 Å². The highest BCUT2D eigenvalue weighted by Gasteiger charge is 2.22. The van der Waals surface area contributed by atoms with Gasteiger partial charge in [0.15, 0.2) is 0 Å². The van der Waals surface area contributed by atoms with Crippen molar-refractivity contribution in [3.63, 3.8) is 0 Å². The number of amides is 1. The Morgan fingerprint density at radius 1 is 1.23 bits per heavy atom. The van der Waals surface area contributed by atoms with E-state index in [4.69, 9.17) is 15.2 Å². The van der Waals surface area contributed by atoms with Gasteiger partial charge >= 0.3 is 0 Å². The molecule has 2 aromatic carbocycles. The summed E-state index contributed by atoms with van der Waals surface area (Å²) in [7, 11) is 5.55. The van der Waals surface area contributed by atoms with Gasteiger partial charge in [-0.15, -0.1) is 0 Å². The number of fused-ring (bicyclic) bond motifs is 2. The summed E-state index contributed by atoms with van der Waals surface area (Å²) in [6, 6.07) is 5.75. The maximum atomic E-state index is 12.2. The van der Waals surface area contributed by atoms with Crippen LogP contribution in [0.2, 0.25) is 0 Å². The topological polar surface area (TPSA) is 111 Å². The summed E-state index contributed by atoms with van der Waals surface area (Å²) < 4.78 is 13.7. The fourth-order valence-electron chi connectivity index (χ4n) is 3.72. The molecule has 31 heavy (non-hydrogen) atoms. The number of primary amides is 1. The number of nitrogens with zero attached hydrogens (tertiary/aromatic N) is 4. The van der Waals surface area contributed by atoms with E-state index in [0.29, 0.717) is 41.2 Å². The number of aromatic nitrogens is 4. The third kappa shape index (κ3) is 3.68. The number of ether oxygens (including phenoxy) is 2. The van der Waals surface area contributed by atoms with Gasteiger partial charge in [0, 0.05) is 18.7 Å². The van der Waals surface area contributed by atoms with Crippen LogP contribution in [-0.4, -0.2) is 64.7 Å². The minimum absolute atomic E-state index is 0.290. The zero-order chi connectivity index (χ0) is 22.1. The molecule has 9 heteroatoms. The number of H-pyrrole nitrogens is 1. The first-order chi connectivity index (χ1) is 14.9. The minimum atomic E-state index is -0.574. The van der Waals surface area contributed by atoms with Crippen molar-refractivity contribution in [2.45, 2.75) is 13.5 Å². The van der Waals surface area contributed by atoms with Crippen molar-refractivity contribution in [1.82, 2.24) is 24.4 Å². The number of aryl methyl sites for hydroxylation is 1. The lowest BCUT2D eigenvalue weighted by molar-refractivity contribution is 0.0997. The lowest BCUT2D eigenvalue weighted by atomic mass is 9.99. The number of methoxy groups -OCH3 is 1. The van der Waals surface area contributed by atoms with Crippen molar-refractivity contribution in [3.8, 4) is 22.6 Å². The van der Waals surface area contributed by atoms with Crippen LogP contribution in [0, 0.1) is 0 Å². The Kier molecular flexibility index (Phi) is 5.51. The number of rotatable bonds is 8. The van der Waals surface area contributed by atoms with Gasteiger partial charge in [-0.2, -0.15) is 0 Å². The number of likely N-dealkylation sites (N-methyl/N-ethyl adjacent to an activating group) is 1. The second-order valence-electron chi connectivity index (χ2n) is 7.52. The average molecular weight is 422 g/mol. The molecule has 0 aliphatic rings. The van der Waals surface area contributed by atoms with E-state index >= 15 is 0 Å². The van der Waals surface area contributed by atoms with Crippen molar-refractivity contribution >= 4 is 28.0 Å². The molecule has 162 valence electrons. The third-order valence-corrected chi connectivity index (χ3v) is 5.26. The SMILES string of the molecule is CCn1cnc2cc(-c3cc(OCCN(C)C)c(C(N)=O)c4[nH]cnc34)cc(OC)c21. The molecule has 9 nitrogen and oxygen atoms in total. The van der Waals surface area contributed by atoms with Crippen LogP contribution in [0.25, 0.3) is 33.2 Å². The number of aromatic amines is 1. The molecule has 0 aliphatic heterocycles. The Morgan fingerprint density at radius 3 is 2.71 bits per heavy atom. The third-order valence-electron chi connectivity index (χ3n) is 5.26. The fourth-order valence-corrected chi connectivity index (χ4v) is 3.72. The highest BCUT2D eigenvalue weighted by molar-refractivity contribution is 6.10. The Balaban J connectivity index is 1.92. The standard InChI is InChI=1S/C22H26N6O3/c1-5-28-12-26-15-8-13(9-17(30-4)21(15)28)14-10-16(31-7-6-27(2)3)18(22(23)29)20-19(14)24-11-25-20/h8-12H,5-7H2,1-4H3,(H2,23,29)(H,24,25). The van der Waals surface area contributed by atoms with Gasteiger partial charge in [-0.25, -0.2) is 9.97 Å². The van der Waals surface area contributed by atoms with E-state index in [2.05, 4.69) is 21.9 Å². The van der Waals surface area contributed by atoms with Gasteiger partial charge in [0.2, 0.25) is 0 Å². The van der Waals surface area contributed by atoms with Crippen molar-refractivity contribution in [3.05, 3.63) is 36.4 Å². The predicted octanol–water partition coefficient (Wildman–Crippen LogP) is 2.65. The molecule has 0 fully saturated rings. The Labute approximate surface area is 179 Å². The number of carbonyl (C=O) groups is 1. The van der Waals surface area contributed by atoms with Crippen molar-refractivity contribution in [2.75, 3.05) is 34.4 Å². The Bertz CT molecular complexity index is 1260. The van der Waals surface area contributed by atoms with E-state index in [1.165, 1.54) is 0 Å². The van der Waals surface area contributed by atoms with Crippen LogP contribution in [0.4, 0.5) is 0 Å². The van der Waals surface area contributed by atoms with Crippen LogP contribution >= 0.6 is 0 Å². The van der Waals surface area contributed by atoms with Crippen LogP contribution in [0.5, 0.6) is 11.5 Å². The average Bonchev–Trinajstić information content (AvgIpc) is 3.38. The summed E-state index contributed by atoms with van der Waals surface area (Å²) in [4.78, 5) is 26.3. The number of hydrogen-bond acceptors (Lipinski definition) is 6. The first kappa shape index (κ1) is 20.7. The summed E-state index contributed by atoms with van der Waals surface area (Å²) in [5.74, 6) is 0.555. The van der Waals surface area contributed by atoms with Gasteiger partial charge in [-0.1, -0.05) is 0 Å². The van der Waals surface area contributed by atoms with Crippen LogP contribution < -0.4 is 15.2 Å². The lowest BCUT2D eigenvalue weighted by Crippen LogP contribution is -2.21. The summed E-state index contributed by atoms with van der Waals surface area (Å²) in [5.41, 5.74) is 10.6. The van der Waals surface area contributed by atoms with E-state index in [1.807, 2.05) is 41.8 Å². The molecule has 0 saturated carbocycles. The van der Waals surface area contributed by atoms with Gasteiger partial charge in [0.05, 0.1) is 36.3 Å². The first-order valence-corrected chi connectivity index (χ1v) is 10.0. The van der Waals surface area contributed by atoms with Crippen molar-refractivity contribution in [1.29, 1.82) is 0 Å². The molecule has 0 bridgehead atoms. The number of imidazole rings is 2. The number of carbonyl (C=O) groups excluding carboxylic acids is 1. The lowest BCUT2D eigenvalue weighted by Gasteiger charge is -2.16. The summed E-state index contributed by atoms with van der Waals surface area (Å²) in [5, 5.41) is 0. The molecule has 4 rings (SSSR count). The molecular formula is C22H26N6O3. The first-order valence-electron chi connectivity index (χ1n) is 10.0. The number of benzene rings is 2. The monoisotopic (exact) mass is 422 g/mol. The van der Waals surface area contributed by atoms with E-state index in [1.54, 1.807) is 19.8 Å². The molecular weight excluding hydrogens is 396 g/mol. The van der Waals surface area contributed by atoms with Crippen LogP contribution in [0.15, 0.2) is 30.9 Å². The number of nitrogens with one attached hydrogen (secondary N) is 1. The molecule has 0 spiro atoms. The fraction of sp³-hybridized carbons (Fsp3) is 0.318. The van der Waals surface area contributed by atoms with E-state index in [-0.39, 0.29) is 0 Å². The number of hydrogen-bond donors (Lipinski definition) is 2. The van der Waals surface area contributed by atoms with E-state index in [0.717, 1.165) is 28.7 Å². The Morgan fingerprint density at radius 2 is 2.03 bits per heavy atom. The van der Waals surface area contributed by atoms with Crippen LogP contribution in [0.3, 0.4) is 0 Å². The maximum Gasteiger partial charge on any atom is 0.254 e. The van der Waals surface area contributed by atoms with Gasteiger partial charge in [0.25, 0.3) is 5.91 Å². The summed E-state index contributed by atoms with van der Waals surface area (Å²) >= 11 is 0. The highest BCUT2D eigenvalue weighted by Crippen LogP contribution is 2.38. The molecule has 0 saturated heterocycles. The van der Waals surface area contributed by atoms with Crippen molar-refractivity contribution < 1.29 is 14.3 Å². The number of nitrogens with two attached hydrogens (primary N) is 1. The van der Waals surface area contributed by atoms with Gasteiger partial charge in [-0.05, 0) is 44.8 Å². The molecule has 0 unspecified atom stereocenters.